The first-order valence-corrected chi connectivity index (χ1v) is 5.40. The van der Waals surface area contributed by atoms with Crippen LogP contribution < -0.4 is 5.32 Å². The number of hydrogen-bond acceptors (Lipinski definition) is 5. The summed E-state index contributed by atoms with van der Waals surface area (Å²) in [4.78, 5) is 17.7. The van der Waals surface area contributed by atoms with Crippen molar-refractivity contribution in [3.05, 3.63) is 58.0 Å². The maximum absolute atomic E-state index is 10.5. The summed E-state index contributed by atoms with van der Waals surface area (Å²) >= 11 is 0. The van der Waals surface area contributed by atoms with E-state index in [0.717, 1.165) is 16.8 Å². The van der Waals surface area contributed by atoms with Gasteiger partial charge in [0.15, 0.2) is 6.20 Å². The van der Waals surface area contributed by atoms with E-state index in [0.29, 0.717) is 6.54 Å². The molecule has 0 atom stereocenters. The van der Waals surface area contributed by atoms with Crippen LogP contribution in [0, 0.1) is 17.0 Å². The zero-order valence-electron chi connectivity index (χ0n) is 9.83. The highest BCUT2D eigenvalue weighted by Gasteiger charge is 2.06. The summed E-state index contributed by atoms with van der Waals surface area (Å²) in [5.74, 6) is -0.152. The average Bonchev–Trinajstić information content (AvgIpc) is 2.38. The maximum Gasteiger partial charge on any atom is 0.363 e. The van der Waals surface area contributed by atoms with Crippen molar-refractivity contribution in [2.45, 2.75) is 13.5 Å². The predicted octanol–water partition coefficient (Wildman–Crippen LogP) is 2.31. The lowest BCUT2D eigenvalue weighted by Gasteiger charge is -2.06. The average molecular weight is 244 g/mol. The minimum atomic E-state index is -0.517. The number of nitrogens with one attached hydrogen (secondary N) is 1. The van der Waals surface area contributed by atoms with Crippen LogP contribution in [0.15, 0.2) is 36.8 Å². The van der Waals surface area contributed by atoms with E-state index in [1.165, 1.54) is 12.3 Å². The van der Waals surface area contributed by atoms with Gasteiger partial charge in [0.1, 0.15) is 0 Å². The van der Waals surface area contributed by atoms with Crippen molar-refractivity contribution in [2.75, 3.05) is 5.32 Å². The number of hydrogen-bond donors (Lipinski definition) is 1. The molecule has 0 aliphatic carbocycles. The van der Waals surface area contributed by atoms with Crippen molar-refractivity contribution in [1.29, 1.82) is 0 Å². The second-order valence-corrected chi connectivity index (χ2v) is 3.82. The lowest BCUT2D eigenvalue weighted by atomic mass is 10.1. The third-order valence-corrected chi connectivity index (χ3v) is 2.55. The standard InChI is InChI=1S/C12H12N4O2/c1-9-6-13-5-4-10(9)7-14-11-2-3-12(15-8-11)16(17)18/h2-6,8,14H,7H2,1H3. The Morgan fingerprint density at radius 2 is 2.17 bits per heavy atom. The zero-order valence-corrected chi connectivity index (χ0v) is 9.83. The van der Waals surface area contributed by atoms with Gasteiger partial charge < -0.3 is 15.4 Å². The number of nitro groups is 1. The molecule has 2 aromatic heterocycles. The second kappa shape index (κ2) is 5.22. The maximum atomic E-state index is 10.5. The van der Waals surface area contributed by atoms with Crippen molar-refractivity contribution in [1.82, 2.24) is 9.97 Å². The largest absolute Gasteiger partial charge is 0.378 e. The Morgan fingerprint density at radius 3 is 2.78 bits per heavy atom. The summed E-state index contributed by atoms with van der Waals surface area (Å²) in [5, 5.41) is 13.6. The Labute approximate surface area is 104 Å². The summed E-state index contributed by atoms with van der Waals surface area (Å²) in [6.07, 6.45) is 4.98. The van der Waals surface area contributed by atoms with Gasteiger partial charge in [0, 0.05) is 25.0 Å². The molecule has 0 saturated heterocycles. The summed E-state index contributed by atoms with van der Waals surface area (Å²) in [6, 6.07) is 4.95. The van der Waals surface area contributed by atoms with Crippen molar-refractivity contribution >= 4 is 11.5 Å². The highest BCUT2D eigenvalue weighted by Crippen LogP contribution is 2.13. The fourth-order valence-electron chi connectivity index (χ4n) is 1.50. The third kappa shape index (κ3) is 2.79. The van der Waals surface area contributed by atoms with Crippen LogP contribution in [0.3, 0.4) is 0 Å². The molecule has 0 bridgehead atoms. The van der Waals surface area contributed by atoms with Crippen LogP contribution in [0.25, 0.3) is 0 Å². The summed E-state index contributed by atoms with van der Waals surface area (Å²) in [6.45, 7) is 2.62. The first-order chi connectivity index (χ1) is 8.66. The fraction of sp³-hybridized carbons (Fsp3) is 0.167. The number of aryl methyl sites for hydroxylation is 1. The van der Waals surface area contributed by atoms with Crippen LogP contribution in [-0.2, 0) is 6.54 Å². The topological polar surface area (TPSA) is 81.0 Å². The summed E-state index contributed by atoms with van der Waals surface area (Å²) < 4.78 is 0. The summed E-state index contributed by atoms with van der Waals surface area (Å²) in [7, 11) is 0. The van der Waals surface area contributed by atoms with Crippen molar-refractivity contribution < 1.29 is 4.92 Å². The molecule has 0 spiro atoms. The van der Waals surface area contributed by atoms with E-state index in [-0.39, 0.29) is 5.82 Å². The van der Waals surface area contributed by atoms with Gasteiger partial charge in [-0.15, -0.1) is 0 Å². The first kappa shape index (κ1) is 12.0. The molecule has 92 valence electrons. The van der Waals surface area contributed by atoms with Crippen LogP contribution in [0.2, 0.25) is 0 Å². The molecule has 0 aliphatic rings. The molecule has 6 nitrogen and oxygen atoms in total. The molecule has 2 aromatic rings. The van der Waals surface area contributed by atoms with Gasteiger partial charge in [0.2, 0.25) is 0 Å². The molecule has 6 heteroatoms. The van der Waals surface area contributed by atoms with Gasteiger partial charge in [-0.25, -0.2) is 0 Å². The van der Waals surface area contributed by atoms with Gasteiger partial charge in [-0.2, -0.15) is 0 Å². The minimum Gasteiger partial charge on any atom is -0.378 e. The Balaban J connectivity index is 2.02. The molecule has 0 aromatic carbocycles. The van der Waals surface area contributed by atoms with E-state index in [1.807, 2.05) is 13.0 Å². The molecule has 0 aliphatic heterocycles. The molecule has 0 unspecified atom stereocenters. The lowest BCUT2D eigenvalue weighted by Crippen LogP contribution is -2.02. The Bertz CT molecular complexity index is 554. The van der Waals surface area contributed by atoms with E-state index >= 15 is 0 Å². The van der Waals surface area contributed by atoms with Crippen LogP contribution in [0.5, 0.6) is 0 Å². The quantitative estimate of drug-likeness (QED) is 0.659. The molecule has 0 fully saturated rings. The normalized spacial score (nSPS) is 10.1. The van der Waals surface area contributed by atoms with Crippen LogP contribution in [0.4, 0.5) is 11.5 Å². The highest BCUT2D eigenvalue weighted by molar-refractivity contribution is 5.44. The number of aromatic nitrogens is 2. The molecular weight excluding hydrogens is 232 g/mol. The van der Waals surface area contributed by atoms with Gasteiger partial charge >= 0.3 is 5.82 Å². The Morgan fingerprint density at radius 1 is 1.33 bits per heavy atom. The lowest BCUT2D eigenvalue weighted by molar-refractivity contribution is -0.389. The smallest absolute Gasteiger partial charge is 0.363 e. The van der Waals surface area contributed by atoms with Gasteiger partial charge in [0.25, 0.3) is 0 Å². The van der Waals surface area contributed by atoms with E-state index < -0.39 is 4.92 Å². The van der Waals surface area contributed by atoms with E-state index in [1.54, 1.807) is 18.5 Å². The highest BCUT2D eigenvalue weighted by atomic mass is 16.6. The fourth-order valence-corrected chi connectivity index (χ4v) is 1.50. The number of nitrogens with zero attached hydrogens (tertiary/aromatic N) is 3. The SMILES string of the molecule is Cc1cnccc1CNc1ccc([N+](=O)[O-])nc1. The third-order valence-electron chi connectivity index (χ3n) is 2.55. The predicted molar refractivity (Wildman–Crippen MR) is 67.2 cm³/mol. The van der Waals surface area contributed by atoms with E-state index in [4.69, 9.17) is 0 Å². The molecule has 0 amide bonds. The number of rotatable bonds is 4. The first-order valence-electron chi connectivity index (χ1n) is 5.40. The van der Waals surface area contributed by atoms with Gasteiger partial charge in [-0.05, 0) is 40.1 Å². The molecule has 0 saturated carbocycles. The van der Waals surface area contributed by atoms with Crippen LogP contribution in [0.1, 0.15) is 11.1 Å². The summed E-state index contributed by atoms with van der Waals surface area (Å²) in [5.41, 5.74) is 2.97. The Hall–Kier alpha value is -2.50. The Kier molecular flexibility index (Phi) is 3.47. The van der Waals surface area contributed by atoms with Crippen molar-refractivity contribution in [3.8, 4) is 0 Å². The minimum absolute atomic E-state index is 0.152. The van der Waals surface area contributed by atoms with E-state index in [2.05, 4.69) is 15.3 Å². The van der Waals surface area contributed by atoms with E-state index in [9.17, 15) is 10.1 Å². The monoisotopic (exact) mass is 244 g/mol. The van der Waals surface area contributed by atoms with Crippen molar-refractivity contribution in [3.63, 3.8) is 0 Å². The zero-order chi connectivity index (χ0) is 13.0. The second-order valence-electron chi connectivity index (χ2n) is 3.82. The molecule has 18 heavy (non-hydrogen) atoms. The van der Waals surface area contributed by atoms with Gasteiger partial charge in [-0.1, -0.05) is 0 Å². The molecular formula is C12H12N4O2. The molecule has 0 radical (unpaired) electrons. The molecule has 2 heterocycles. The molecule has 1 N–H and O–H groups in total. The van der Waals surface area contributed by atoms with Crippen LogP contribution >= 0.6 is 0 Å². The van der Waals surface area contributed by atoms with Crippen molar-refractivity contribution in [2.24, 2.45) is 0 Å². The van der Waals surface area contributed by atoms with Gasteiger partial charge in [0.05, 0.1) is 5.69 Å². The number of anilines is 1. The van der Waals surface area contributed by atoms with Crippen LogP contribution in [-0.4, -0.2) is 14.9 Å². The van der Waals surface area contributed by atoms with Gasteiger partial charge in [-0.3, -0.25) is 4.98 Å². The number of pyridine rings is 2. The molecule has 2 rings (SSSR count).